The number of carbonyl (C=O) groups excluding carboxylic acids is 1. The molecule has 2 aromatic carbocycles. The van der Waals surface area contributed by atoms with Gasteiger partial charge in [0.25, 0.3) is 0 Å². The molecule has 1 aliphatic rings. The highest BCUT2D eigenvalue weighted by molar-refractivity contribution is 6.11. The van der Waals surface area contributed by atoms with E-state index < -0.39 is 0 Å². The molecule has 3 heteroatoms. The van der Waals surface area contributed by atoms with Crippen LogP contribution in [-0.2, 0) is 0 Å². The zero-order valence-corrected chi connectivity index (χ0v) is 10.00. The third-order valence-electron chi connectivity index (χ3n) is 3.39. The van der Waals surface area contributed by atoms with E-state index in [1.807, 2.05) is 36.2 Å². The monoisotopic (exact) mass is 239 g/mol. The Morgan fingerprint density at radius 3 is 2.39 bits per heavy atom. The molecule has 0 amide bonds. The van der Waals surface area contributed by atoms with Gasteiger partial charge in [-0.3, -0.25) is 4.79 Å². The highest BCUT2D eigenvalue weighted by Crippen LogP contribution is 2.38. The molecule has 1 N–H and O–H groups in total. The number of carbonyl (C=O) groups is 1. The van der Waals surface area contributed by atoms with Crippen LogP contribution in [0.25, 0.3) is 0 Å². The first-order valence-corrected chi connectivity index (χ1v) is 5.83. The summed E-state index contributed by atoms with van der Waals surface area (Å²) in [6, 6.07) is 14.1. The molecule has 1 heterocycles. The highest BCUT2D eigenvalue weighted by Gasteiger charge is 2.35. The second kappa shape index (κ2) is 3.88. The van der Waals surface area contributed by atoms with E-state index in [4.69, 9.17) is 0 Å². The maximum absolute atomic E-state index is 12.4. The molecule has 0 saturated heterocycles. The first kappa shape index (κ1) is 10.8. The van der Waals surface area contributed by atoms with Gasteiger partial charge in [0.2, 0.25) is 0 Å². The summed E-state index contributed by atoms with van der Waals surface area (Å²) in [5.74, 6) is 0.322. The van der Waals surface area contributed by atoms with E-state index in [1.165, 1.54) is 0 Å². The molecule has 1 aliphatic heterocycles. The molecule has 1 atom stereocenters. The van der Waals surface area contributed by atoms with E-state index in [2.05, 4.69) is 0 Å². The summed E-state index contributed by atoms with van der Waals surface area (Å²) in [6.45, 7) is 0. The second-order valence-corrected chi connectivity index (χ2v) is 4.49. The van der Waals surface area contributed by atoms with Gasteiger partial charge < -0.3 is 10.0 Å². The molecule has 3 rings (SSSR count). The number of phenols is 1. The lowest BCUT2D eigenvalue weighted by molar-refractivity contribution is 0.0972. The predicted molar refractivity (Wildman–Crippen MR) is 70.0 cm³/mol. The van der Waals surface area contributed by atoms with Crippen LogP contribution in [0, 0.1) is 0 Å². The number of hydrogen-bond acceptors (Lipinski definition) is 3. The molecule has 0 bridgehead atoms. The first-order valence-electron chi connectivity index (χ1n) is 5.83. The summed E-state index contributed by atoms with van der Waals surface area (Å²) in [5, 5.41) is 9.31. The van der Waals surface area contributed by atoms with Crippen LogP contribution in [0.3, 0.4) is 0 Å². The number of likely N-dealkylation sites (N-methyl/N-ethyl adjacent to an activating group) is 1. The van der Waals surface area contributed by atoms with Gasteiger partial charge in [0.15, 0.2) is 5.78 Å². The molecule has 0 aromatic heterocycles. The Labute approximate surface area is 105 Å². The largest absolute Gasteiger partial charge is 0.508 e. The fourth-order valence-corrected chi connectivity index (χ4v) is 2.48. The summed E-state index contributed by atoms with van der Waals surface area (Å²) in [5.41, 5.74) is 2.62. The average Bonchev–Trinajstić information content (AvgIpc) is 2.64. The Morgan fingerprint density at radius 1 is 1.06 bits per heavy atom. The van der Waals surface area contributed by atoms with Gasteiger partial charge in [0.05, 0.1) is 0 Å². The van der Waals surface area contributed by atoms with Gasteiger partial charge in [0, 0.05) is 18.3 Å². The van der Waals surface area contributed by atoms with Crippen molar-refractivity contribution in [3.05, 3.63) is 59.7 Å². The number of ketones is 1. The van der Waals surface area contributed by atoms with Gasteiger partial charge in [0.1, 0.15) is 11.8 Å². The fraction of sp³-hybridized carbons (Fsp3) is 0.133. The summed E-state index contributed by atoms with van der Waals surface area (Å²) < 4.78 is 0. The highest BCUT2D eigenvalue weighted by atomic mass is 16.3. The van der Waals surface area contributed by atoms with Gasteiger partial charge in [-0.25, -0.2) is 0 Å². The number of hydrogen-bond donors (Lipinski definition) is 1. The predicted octanol–water partition coefficient (Wildman–Crippen LogP) is 2.77. The minimum Gasteiger partial charge on any atom is -0.508 e. The number of para-hydroxylation sites is 1. The number of fused-ring (bicyclic) bond motifs is 1. The quantitative estimate of drug-likeness (QED) is 0.831. The number of nitrogens with zero attached hydrogens (tertiary/aromatic N) is 1. The molecule has 0 spiro atoms. The van der Waals surface area contributed by atoms with Crippen LogP contribution in [-0.4, -0.2) is 17.9 Å². The Balaban J connectivity index is 2.06. The second-order valence-electron chi connectivity index (χ2n) is 4.49. The Morgan fingerprint density at radius 2 is 1.72 bits per heavy atom. The lowest BCUT2D eigenvalue weighted by Gasteiger charge is -2.21. The van der Waals surface area contributed by atoms with Crippen molar-refractivity contribution in [1.82, 2.24) is 0 Å². The van der Waals surface area contributed by atoms with E-state index in [9.17, 15) is 9.90 Å². The minimum atomic E-state index is -0.289. The van der Waals surface area contributed by atoms with Crippen molar-refractivity contribution >= 4 is 11.5 Å². The van der Waals surface area contributed by atoms with Crippen molar-refractivity contribution in [3.8, 4) is 5.75 Å². The van der Waals surface area contributed by atoms with Crippen LogP contribution in [0.1, 0.15) is 22.0 Å². The van der Waals surface area contributed by atoms with E-state index in [0.29, 0.717) is 0 Å². The van der Waals surface area contributed by atoms with Crippen LogP contribution in [0.4, 0.5) is 5.69 Å². The number of anilines is 1. The van der Waals surface area contributed by atoms with Gasteiger partial charge in [-0.1, -0.05) is 24.3 Å². The number of phenolic OH excluding ortho intramolecular Hbond substituents is 1. The normalized spacial score (nSPS) is 17.9. The molecular formula is C15H13NO2. The summed E-state index contributed by atoms with van der Waals surface area (Å²) in [4.78, 5) is 14.4. The topological polar surface area (TPSA) is 40.5 Å². The third kappa shape index (κ3) is 1.48. The van der Waals surface area contributed by atoms with Gasteiger partial charge >= 0.3 is 0 Å². The SMILES string of the molecule is CN1c2ccccc2C(=O)C1c1ccc(O)cc1. The Kier molecular flexibility index (Phi) is 2.33. The maximum atomic E-state index is 12.4. The minimum absolute atomic E-state index is 0.110. The number of rotatable bonds is 1. The first-order chi connectivity index (χ1) is 8.68. The molecule has 3 nitrogen and oxygen atoms in total. The fourth-order valence-electron chi connectivity index (χ4n) is 2.48. The Bertz CT molecular complexity index is 604. The summed E-state index contributed by atoms with van der Waals surface area (Å²) in [6.07, 6.45) is 0. The van der Waals surface area contributed by atoms with Crippen molar-refractivity contribution in [2.24, 2.45) is 0 Å². The standard InChI is InChI=1S/C15H13NO2/c1-16-13-5-3-2-4-12(13)15(18)14(16)10-6-8-11(17)9-7-10/h2-9,14,17H,1H3. The van der Waals surface area contributed by atoms with Crippen molar-refractivity contribution in [3.63, 3.8) is 0 Å². The van der Waals surface area contributed by atoms with Crippen molar-refractivity contribution < 1.29 is 9.90 Å². The van der Waals surface area contributed by atoms with Gasteiger partial charge in [-0.15, -0.1) is 0 Å². The van der Waals surface area contributed by atoms with E-state index in [0.717, 1.165) is 16.8 Å². The number of aromatic hydroxyl groups is 1. The molecule has 1 unspecified atom stereocenters. The Hall–Kier alpha value is -2.29. The smallest absolute Gasteiger partial charge is 0.191 e. The average molecular weight is 239 g/mol. The van der Waals surface area contributed by atoms with Gasteiger partial charge in [-0.2, -0.15) is 0 Å². The molecule has 0 aliphatic carbocycles. The molecule has 18 heavy (non-hydrogen) atoms. The molecular weight excluding hydrogens is 226 g/mol. The van der Waals surface area contributed by atoms with Crippen LogP contribution in [0.2, 0.25) is 0 Å². The number of Topliss-reactive ketones (excluding diaryl/α,β-unsaturated/α-hetero) is 1. The number of benzene rings is 2. The third-order valence-corrected chi connectivity index (χ3v) is 3.39. The van der Waals surface area contributed by atoms with Crippen molar-refractivity contribution in [1.29, 1.82) is 0 Å². The summed E-state index contributed by atoms with van der Waals surface area (Å²) in [7, 11) is 1.92. The van der Waals surface area contributed by atoms with Crippen LogP contribution >= 0.6 is 0 Å². The van der Waals surface area contributed by atoms with Crippen LogP contribution in [0.5, 0.6) is 5.75 Å². The summed E-state index contributed by atoms with van der Waals surface area (Å²) >= 11 is 0. The van der Waals surface area contributed by atoms with Crippen molar-refractivity contribution in [2.75, 3.05) is 11.9 Å². The lowest BCUT2D eigenvalue weighted by atomic mass is 10.0. The van der Waals surface area contributed by atoms with Crippen LogP contribution in [0.15, 0.2) is 48.5 Å². The zero-order chi connectivity index (χ0) is 12.7. The van der Waals surface area contributed by atoms with Gasteiger partial charge in [-0.05, 0) is 29.8 Å². The van der Waals surface area contributed by atoms with E-state index in [-0.39, 0.29) is 17.6 Å². The molecule has 2 aromatic rings. The lowest BCUT2D eigenvalue weighted by Crippen LogP contribution is -2.23. The van der Waals surface area contributed by atoms with Crippen molar-refractivity contribution in [2.45, 2.75) is 6.04 Å². The van der Waals surface area contributed by atoms with Crippen LogP contribution < -0.4 is 4.90 Å². The molecule has 0 radical (unpaired) electrons. The molecule has 0 fully saturated rings. The molecule has 90 valence electrons. The molecule has 0 saturated carbocycles. The van der Waals surface area contributed by atoms with E-state index in [1.54, 1.807) is 24.3 Å². The van der Waals surface area contributed by atoms with E-state index >= 15 is 0 Å². The maximum Gasteiger partial charge on any atom is 0.191 e. The zero-order valence-electron chi connectivity index (χ0n) is 10.00.